The molecule has 0 aliphatic heterocycles. The van der Waals surface area contributed by atoms with Crippen LogP contribution in [0.15, 0.2) is 42.5 Å². The van der Waals surface area contributed by atoms with E-state index in [1.165, 1.54) is 16.7 Å². The van der Waals surface area contributed by atoms with Crippen molar-refractivity contribution in [3.63, 3.8) is 0 Å². The van der Waals surface area contributed by atoms with E-state index >= 15 is 0 Å². The molecule has 0 fully saturated rings. The molecule has 0 saturated heterocycles. The minimum absolute atomic E-state index is 0.582. The Bertz CT molecular complexity index is 773. The zero-order valence-corrected chi connectivity index (χ0v) is 12.7. The summed E-state index contributed by atoms with van der Waals surface area (Å²) in [4.78, 5) is 4.62. The fourth-order valence-corrected chi connectivity index (χ4v) is 2.65. The molecule has 1 N–H and O–H groups in total. The maximum Gasteiger partial charge on any atom is 0.138 e. The van der Waals surface area contributed by atoms with Crippen molar-refractivity contribution >= 4 is 11.0 Å². The SMILES string of the molecule is Cc1cc2nc(C(C)O)n(Cc3ccccc3)c2cc1C. The number of benzene rings is 2. The van der Waals surface area contributed by atoms with Crippen LogP contribution in [0.25, 0.3) is 11.0 Å². The second-order valence-corrected chi connectivity index (χ2v) is 5.64. The number of aliphatic hydroxyl groups excluding tert-OH is 1. The van der Waals surface area contributed by atoms with Gasteiger partial charge in [-0.1, -0.05) is 30.3 Å². The van der Waals surface area contributed by atoms with Gasteiger partial charge in [0.15, 0.2) is 0 Å². The van der Waals surface area contributed by atoms with E-state index < -0.39 is 6.10 Å². The van der Waals surface area contributed by atoms with Gasteiger partial charge in [-0.3, -0.25) is 0 Å². The summed E-state index contributed by atoms with van der Waals surface area (Å²) in [5.74, 6) is 0.721. The molecular formula is C18H20N2O. The third-order valence-corrected chi connectivity index (χ3v) is 3.95. The largest absolute Gasteiger partial charge is 0.385 e. The highest BCUT2D eigenvalue weighted by atomic mass is 16.3. The molecule has 0 amide bonds. The lowest BCUT2D eigenvalue weighted by Gasteiger charge is -2.11. The predicted octanol–water partition coefficient (Wildman–Crippen LogP) is 3.75. The standard InChI is InChI=1S/C18H20N2O/c1-12-9-16-17(10-13(12)2)20(18(19-16)14(3)21)11-15-7-5-4-6-8-15/h4-10,14,21H,11H2,1-3H3. The number of nitrogens with zero attached hydrogens (tertiary/aromatic N) is 2. The van der Waals surface area contributed by atoms with Crippen LogP contribution >= 0.6 is 0 Å². The topological polar surface area (TPSA) is 38.1 Å². The van der Waals surface area contributed by atoms with E-state index in [-0.39, 0.29) is 0 Å². The minimum atomic E-state index is -0.582. The lowest BCUT2D eigenvalue weighted by atomic mass is 10.1. The van der Waals surface area contributed by atoms with E-state index in [1.807, 2.05) is 18.2 Å². The van der Waals surface area contributed by atoms with Crippen molar-refractivity contribution in [1.82, 2.24) is 9.55 Å². The smallest absolute Gasteiger partial charge is 0.138 e. The van der Waals surface area contributed by atoms with Crippen molar-refractivity contribution in [2.45, 2.75) is 33.4 Å². The number of aryl methyl sites for hydroxylation is 2. The number of fused-ring (bicyclic) bond motifs is 1. The molecule has 0 radical (unpaired) electrons. The monoisotopic (exact) mass is 280 g/mol. The Labute approximate surface area is 124 Å². The van der Waals surface area contributed by atoms with Gasteiger partial charge in [-0.2, -0.15) is 0 Å². The van der Waals surface area contributed by atoms with Crippen LogP contribution in [0, 0.1) is 13.8 Å². The van der Waals surface area contributed by atoms with Crippen molar-refractivity contribution in [2.75, 3.05) is 0 Å². The first-order chi connectivity index (χ1) is 10.1. The van der Waals surface area contributed by atoms with E-state index in [0.717, 1.165) is 23.4 Å². The Balaban J connectivity index is 2.18. The van der Waals surface area contributed by atoms with E-state index in [1.54, 1.807) is 6.92 Å². The van der Waals surface area contributed by atoms with Gasteiger partial charge in [-0.25, -0.2) is 4.98 Å². The quantitative estimate of drug-likeness (QED) is 0.793. The highest BCUT2D eigenvalue weighted by Crippen LogP contribution is 2.25. The highest BCUT2D eigenvalue weighted by molar-refractivity contribution is 5.78. The molecule has 108 valence electrons. The van der Waals surface area contributed by atoms with Crippen molar-refractivity contribution in [3.8, 4) is 0 Å². The van der Waals surface area contributed by atoms with Gasteiger partial charge in [-0.05, 0) is 49.6 Å². The van der Waals surface area contributed by atoms with Crippen LogP contribution in [-0.4, -0.2) is 14.7 Å². The van der Waals surface area contributed by atoms with Crippen molar-refractivity contribution in [2.24, 2.45) is 0 Å². The van der Waals surface area contributed by atoms with E-state index in [0.29, 0.717) is 0 Å². The van der Waals surface area contributed by atoms with Gasteiger partial charge in [0.05, 0.1) is 11.0 Å². The van der Waals surface area contributed by atoms with Crippen LogP contribution < -0.4 is 0 Å². The molecule has 1 aromatic heterocycles. The second kappa shape index (κ2) is 5.34. The van der Waals surface area contributed by atoms with Crippen LogP contribution in [-0.2, 0) is 6.54 Å². The number of imidazole rings is 1. The number of hydrogen-bond donors (Lipinski definition) is 1. The Morgan fingerprint density at radius 2 is 1.76 bits per heavy atom. The van der Waals surface area contributed by atoms with Gasteiger partial charge in [0.25, 0.3) is 0 Å². The van der Waals surface area contributed by atoms with Gasteiger partial charge in [0.2, 0.25) is 0 Å². The Morgan fingerprint density at radius 1 is 1.10 bits per heavy atom. The predicted molar refractivity (Wildman–Crippen MR) is 85.4 cm³/mol. The zero-order chi connectivity index (χ0) is 15.0. The molecule has 0 aliphatic rings. The lowest BCUT2D eigenvalue weighted by molar-refractivity contribution is 0.185. The number of aromatic nitrogens is 2. The zero-order valence-electron chi connectivity index (χ0n) is 12.7. The van der Waals surface area contributed by atoms with E-state index in [2.05, 4.69) is 47.7 Å². The summed E-state index contributed by atoms with van der Waals surface area (Å²) in [6.07, 6.45) is -0.582. The van der Waals surface area contributed by atoms with Crippen molar-refractivity contribution in [1.29, 1.82) is 0 Å². The van der Waals surface area contributed by atoms with Gasteiger partial charge in [0.1, 0.15) is 11.9 Å². The van der Waals surface area contributed by atoms with Gasteiger partial charge in [-0.15, -0.1) is 0 Å². The molecule has 1 unspecified atom stereocenters. The number of hydrogen-bond acceptors (Lipinski definition) is 2. The number of aliphatic hydroxyl groups is 1. The summed E-state index contributed by atoms with van der Waals surface area (Å²) < 4.78 is 2.11. The van der Waals surface area contributed by atoms with Gasteiger partial charge in [0, 0.05) is 6.54 Å². The molecule has 0 saturated carbocycles. The second-order valence-electron chi connectivity index (χ2n) is 5.64. The molecule has 3 aromatic rings. The summed E-state index contributed by atoms with van der Waals surface area (Å²) in [6.45, 7) is 6.69. The van der Waals surface area contributed by atoms with E-state index in [4.69, 9.17) is 0 Å². The molecule has 21 heavy (non-hydrogen) atoms. The van der Waals surface area contributed by atoms with Crippen molar-refractivity contribution in [3.05, 3.63) is 65.0 Å². The molecule has 3 rings (SSSR count). The average molecular weight is 280 g/mol. The molecule has 0 spiro atoms. The van der Waals surface area contributed by atoms with Crippen LogP contribution in [0.4, 0.5) is 0 Å². The van der Waals surface area contributed by atoms with Crippen molar-refractivity contribution < 1.29 is 5.11 Å². The summed E-state index contributed by atoms with van der Waals surface area (Å²) in [5, 5.41) is 10.0. The Kier molecular flexibility index (Phi) is 3.52. The summed E-state index contributed by atoms with van der Waals surface area (Å²) >= 11 is 0. The highest BCUT2D eigenvalue weighted by Gasteiger charge is 2.15. The summed E-state index contributed by atoms with van der Waals surface area (Å²) in [5.41, 5.74) is 5.71. The maximum atomic E-state index is 10.0. The third-order valence-electron chi connectivity index (χ3n) is 3.95. The average Bonchev–Trinajstić information content (AvgIpc) is 2.79. The Morgan fingerprint density at radius 3 is 2.43 bits per heavy atom. The summed E-state index contributed by atoms with van der Waals surface area (Å²) in [6, 6.07) is 14.5. The van der Waals surface area contributed by atoms with Gasteiger partial charge < -0.3 is 9.67 Å². The molecular weight excluding hydrogens is 260 g/mol. The fourth-order valence-electron chi connectivity index (χ4n) is 2.65. The first-order valence-electron chi connectivity index (χ1n) is 7.25. The summed E-state index contributed by atoms with van der Waals surface area (Å²) in [7, 11) is 0. The molecule has 3 nitrogen and oxygen atoms in total. The van der Waals surface area contributed by atoms with Crippen LogP contribution in [0.2, 0.25) is 0 Å². The van der Waals surface area contributed by atoms with E-state index in [9.17, 15) is 5.11 Å². The molecule has 0 aliphatic carbocycles. The first-order valence-corrected chi connectivity index (χ1v) is 7.25. The molecule has 2 aromatic carbocycles. The normalized spacial score (nSPS) is 12.8. The third kappa shape index (κ3) is 2.57. The van der Waals surface area contributed by atoms with Gasteiger partial charge >= 0.3 is 0 Å². The lowest BCUT2D eigenvalue weighted by Crippen LogP contribution is -2.08. The first kappa shape index (κ1) is 13.8. The number of rotatable bonds is 3. The van der Waals surface area contributed by atoms with Crippen LogP contribution in [0.3, 0.4) is 0 Å². The van der Waals surface area contributed by atoms with Crippen LogP contribution in [0.1, 0.15) is 35.5 Å². The maximum absolute atomic E-state index is 10.0. The molecule has 1 atom stereocenters. The van der Waals surface area contributed by atoms with Crippen LogP contribution in [0.5, 0.6) is 0 Å². The molecule has 1 heterocycles. The fraction of sp³-hybridized carbons (Fsp3) is 0.278. The minimum Gasteiger partial charge on any atom is -0.385 e. The Hall–Kier alpha value is -2.13. The molecule has 0 bridgehead atoms. The molecule has 3 heteroatoms.